The minimum Gasteiger partial charge on any atom is -0.382 e. The first-order valence-corrected chi connectivity index (χ1v) is 9.83. The van der Waals surface area contributed by atoms with Gasteiger partial charge in [0.15, 0.2) is 0 Å². The summed E-state index contributed by atoms with van der Waals surface area (Å²) in [4.78, 5) is 2.04. The molecule has 140 valence electrons. The van der Waals surface area contributed by atoms with Crippen molar-refractivity contribution in [1.29, 1.82) is 0 Å². The van der Waals surface area contributed by atoms with Gasteiger partial charge >= 0.3 is 7.75 Å². The van der Waals surface area contributed by atoms with Gasteiger partial charge in [0.05, 0.1) is 25.4 Å². The molecule has 0 spiro atoms. The van der Waals surface area contributed by atoms with Gasteiger partial charge in [-0.1, -0.05) is 0 Å². The Morgan fingerprint density at radius 3 is 2.52 bits per heavy atom. The Kier molecular flexibility index (Phi) is 7.98. The summed E-state index contributed by atoms with van der Waals surface area (Å²) in [5.41, 5.74) is 0. The second-order valence-corrected chi connectivity index (χ2v) is 8.88. The van der Waals surface area contributed by atoms with Crippen molar-refractivity contribution in [1.82, 2.24) is 9.57 Å². The van der Waals surface area contributed by atoms with E-state index in [1.54, 1.807) is 21.2 Å². The molecule has 2 rings (SSSR count). The molecule has 0 aromatic heterocycles. The highest BCUT2D eigenvalue weighted by Crippen LogP contribution is 2.53. The molecule has 25 heavy (non-hydrogen) atoms. The Hall–Kier alpha value is 0.0799. The van der Waals surface area contributed by atoms with Gasteiger partial charge in [-0.3, -0.25) is 9.05 Å². The molecule has 0 aliphatic carbocycles. The van der Waals surface area contributed by atoms with Crippen LogP contribution < -0.4 is 0 Å². The quantitative estimate of drug-likeness (QED) is 0.429. The monoisotopic (exact) mass is 372 g/mol. The third kappa shape index (κ3) is 6.04. The minimum atomic E-state index is -3.53. The molecule has 8 nitrogen and oxygen atoms in total. The lowest BCUT2D eigenvalue weighted by molar-refractivity contribution is -0.0660. The summed E-state index contributed by atoms with van der Waals surface area (Å²) >= 11 is 0. The van der Waals surface area contributed by atoms with Crippen LogP contribution in [-0.2, 0) is 27.8 Å². The van der Waals surface area contributed by atoms with E-state index in [4.69, 9.17) is 39.0 Å². The Morgan fingerprint density at radius 2 is 1.92 bits per heavy atom. The number of rotatable bonds is 8. The molecule has 2 saturated heterocycles. The van der Waals surface area contributed by atoms with Gasteiger partial charge in [0.25, 0.3) is 0 Å². The molecule has 2 fully saturated rings. The van der Waals surface area contributed by atoms with E-state index in [2.05, 4.69) is 0 Å². The van der Waals surface area contributed by atoms with Crippen molar-refractivity contribution < 1.29 is 27.8 Å². The molecule has 11 heteroatoms. The zero-order valence-corrected chi connectivity index (χ0v) is 16.3. The SMILES string of the molecule is [B]C1CN(C)CC(COP(=O)(OC2CC([B])OC2COC)N(C)C)O1. The van der Waals surface area contributed by atoms with Crippen molar-refractivity contribution in [3.05, 3.63) is 0 Å². The van der Waals surface area contributed by atoms with Crippen LogP contribution in [0.1, 0.15) is 6.42 Å². The van der Waals surface area contributed by atoms with Crippen molar-refractivity contribution in [2.24, 2.45) is 0 Å². The maximum absolute atomic E-state index is 13.2. The first-order valence-electron chi connectivity index (χ1n) is 8.34. The average Bonchev–Trinajstić information content (AvgIpc) is 2.84. The summed E-state index contributed by atoms with van der Waals surface area (Å²) in [5.74, 6) is 0. The van der Waals surface area contributed by atoms with Crippen molar-refractivity contribution in [3.8, 4) is 0 Å². The predicted molar refractivity (Wildman–Crippen MR) is 94.9 cm³/mol. The number of methoxy groups -OCH3 is 1. The van der Waals surface area contributed by atoms with Crippen LogP contribution in [0.3, 0.4) is 0 Å². The number of hydrogen-bond acceptors (Lipinski definition) is 7. The van der Waals surface area contributed by atoms with Crippen LogP contribution >= 0.6 is 7.75 Å². The number of nitrogens with zero attached hydrogens (tertiary/aromatic N) is 2. The van der Waals surface area contributed by atoms with Crippen molar-refractivity contribution in [2.45, 2.75) is 36.7 Å². The zero-order chi connectivity index (χ0) is 18.6. The lowest BCUT2D eigenvalue weighted by atomic mass is 9.96. The maximum Gasteiger partial charge on any atom is 0.408 e. The molecule has 2 aliphatic rings. The summed E-state index contributed by atoms with van der Waals surface area (Å²) in [6.07, 6.45) is -0.715. The van der Waals surface area contributed by atoms with E-state index < -0.39 is 19.9 Å². The predicted octanol–water partition coefficient (Wildman–Crippen LogP) is -0.187. The van der Waals surface area contributed by atoms with Crippen LogP contribution in [-0.4, -0.2) is 110 Å². The van der Waals surface area contributed by atoms with E-state index in [1.165, 1.54) is 4.67 Å². The summed E-state index contributed by atoms with van der Waals surface area (Å²) in [6.45, 7) is 1.71. The zero-order valence-electron chi connectivity index (χ0n) is 15.4. The van der Waals surface area contributed by atoms with Crippen molar-refractivity contribution in [2.75, 3.05) is 54.6 Å². The largest absolute Gasteiger partial charge is 0.408 e. The smallest absolute Gasteiger partial charge is 0.382 e. The molecule has 6 unspecified atom stereocenters. The fourth-order valence-electron chi connectivity index (χ4n) is 2.91. The highest BCUT2D eigenvalue weighted by molar-refractivity contribution is 7.51. The molecule has 0 bridgehead atoms. The fourth-order valence-corrected chi connectivity index (χ4v) is 4.31. The molecule has 0 amide bonds. The number of ether oxygens (including phenoxy) is 3. The van der Waals surface area contributed by atoms with Crippen LogP contribution in [0.5, 0.6) is 0 Å². The average molecular weight is 372 g/mol. The molecule has 0 aromatic carbocycles. The van der Waals surface area contributed by atoms with Gasteiger partial charge in [0.2, 0.25) is 0 Å². The van der Waals surface area contributed by atoms with Gasteiger partial charge in [-0.15, -0.1) is 0 Å². The molecular weight excluding hydrogens is 345 g/mol. The first kappa shape index (κ1) is 21.4. The molecule has 2 aliphatic heterocycles. The van der Waals surface area contributed by atoms with E-state index in [1.807, 2.05) is 11.9 Å². The van der Waals surface area contributed by atoms with Crippen LogP contribution in [0.2, 0.25) is 0 Å². The lowest BCUT2D eigenvalue weighted by Crippen LogP contribution is -2.47. The van der Waals surface area contributed by atoms with Crippen LogP contribution in [0.4, 0.5) is 0 Å². The second kappa shape index (κ2) is 9.33. The third-order valence-corrected chi connectivity index (χ3v) is 6.11. The summed E-state index contributed by atoms with van der Waals surface area (Å²) < 4.78 is 42.4. The molecule has 6 atom stereocenters. The van der Waals surface area contributed by atoms with Gasteiger partial charge in [0.1, 0.15) is 21.8 Å². The normalized spacial score (nSPS) is 36.6. The van der Waals surface area contributed by atoms with E-state index in [0.717, 1.165) is 0 Å². The number of morpholine rings is 1. The Morgan fingerprint density at radius 1 is 1.20 bits per heavy atom. The molecule has 0 aromatic rings. The fraction of sp³-hybridized carbons (Fsp3) is 1.00. The molecule has 0 N–H and O–H groups in total. The summed E-state index contributed by atoms with van der Waals surface area (Å²) in [5, 5.41) is 0. The van der Waals surface area contributed by atoms with Crippen LogP contribution in [0.25, 0.3) is 0 Å². The van der Waals surface area contributed by atoms with Crippen LogP contribution in [0, 0.1) is 0 Å². The highest BCUT2D eigenvalue weighted by atomic mass is 31.2. The molecule has 4 radical (unpaired) electrons. The van der Waals surface area contributed by atoms with Gasteiger partial charge in [-0.2, -0.15) is 0 Å². The van der Waals surface area contributed by atoms with Gasteiger partial charge in [-0.05, 0) is 27.6 Å². The molecular formula is C14H27B2N2O6P. The Balaban J connectivity index is 1.96. The minimum absolute atomic E-state index is 0.113. The van der Waals surface area contributed by atoms with E-state index in [9.17, 15) is 4.57 Å². The topological polar surface area (TPSA) is 69.7 Å². The third-order valence-electron chi connectivity index (χ3n) is 4.12. The lowest BCUT2D eigenvalue weighted by Gasteiger charge is -2.36. The van der Waals surface area contributed by atoms with Gasteiger partial charge in [-0.25, -0.2) is 9.24 Å². The maximum atomic E-state index is 13.2. The Bertz CT molecular complexity index is 465. The van der Waals surface area contributed by atoms with E-state index in [-0.39, 0.29) is 24.8 Å². The Labute approximate surface area is 152 Å². The summed E-state index contributed by atoms with van der Waals surface area (Å²) in [6, 6.07) is -0.867. The van der Waals surface area contributed by atoms with E-state index >= 15 is 0 Å². The van der Waals surface area contributed by atoms with Gasteiger partial charge < -0.3 is 19.1 Å². The number of hydrogen-bond donors (Lipinski definition) is 0. The molecule has 0 saturated carbocycles. The van der Waals surface area contributed by atoms with Crippen molar-refractivity contribution >= 4 is 23.4 Å². The molecule has 2 heterocycles. The van der Waals surface area contributed by atoms with E-state index in [0.29, 0.717) is 26.1 Å². The van der Waals surface area contributed by atoms with Crippen LogP contribution in [0.15, 0.2) is 0 Å². The van der Waals surface area contributed by atoms with Crippen molar-refractivity contribution in [3.63, 3.8) is 0 Å². The summed E-state index contributed by atoms with van der Waals surface area (Å²) in [7, 11) is 14.9. The second-order valence-electron chi connectivity index (χ2n) is 6.68. The highest BCUT2D eigenvalue weighted by Gasteiger charge is 2.41. The number of likely N-dealkylation sites (N-methyl/N-ethyl adjacent to an activating group) is 1. The standard InChI is InChI=1S/C14H27B2N2O6P/c1-17(2)25(19,21-8-10-6-18(3)7-14(16)22-10)24-11-5-13(15)23-12(11)9-20-4/h10-14H,5-9H2,1-4H3. The first-order chi connectivity index (χ1) is 11.7. The van der Waals surface area contributed by atoms with Gasteiger partial charge in [0, 0.05) is 32.2 Å².